The Morgan fingerprint density at radius 1 is 1.11 bits per heavy atom. The third kappa shape index (κ3) is 4.03. The van der Waals surface area contributed by atoms with Gasteiger partial charge in [0.15, 0.2) is 0 Å². The van der Waals surface area contributed by atoms with Gasteiger partial charge in [0.2, 0.25) is 0 Å². The summed E-state index contributed by atoms with van der Waals surface area (Å²) in [5.74, 6) is -0.224. The quantitative estimate of drug-likeness (QED) is 0.878. The van der Waals surface area contributed by atoms with E-state index in [1.54, 1.807) is 12.1 Å². The van der Waals surface area contributed by atoms with E-state index in [9.17, 15) is 4.39 Å². The van der Waals surface area contributed by atoms with Gasteiger partial charge in [-0.2, -0.15) is 0 Å². The Kier molecular flexibility index (Phi) is 4.97. The molecule has 0 bridgehead atoms. The predicted octanol–water partition coefficient (Wildman–Crippen LogP) is 4.35. The highest BCUT2D eigenvalue weighted by atomic mass is 79.9. The van der Waals surface area contributed by atoms with Crippen molar-refractivity contribution in [3.63, 3.8) is 0 Å². The van der Waals surface area contributed by atoms with Gasteiger partial charge in [-0.25, -0.2) is 4.39 Å². The number of rotatable bonds is 4. The molecule has 4 heteroatoms. The molecule has 0 saturated carbocycles. The van der Waals surface area contributed by atoms with Gasteiger partial charge >= 0.3 is 0 Å². The molecule has 2 aromatic rings. The van der Waals surface area contributed by atoms with E-state index in [1.807, 2.05) is 24.3 Å². The summed E-state index contributed by atoms with van der Waals surface area (Å²) in [6.07, 6.45) is 1.11. The third-order valence-corrected chi connectivity index (χ3v) is 3.79. The molecule has 0 aliphatic carbocycles. The van der Waals surface area contributed by atoms with E-state index >= 15 is 0 Å². The summed E-state index contributed by atoms with van der Waals surface area (Å²) in [7, 11) is 0. The van der Waals surface area contributed by atoms with Gasteiger partial charge in [0.1, 0.15) is 5.82 Å². The van der Waals surface area contributed by atoms with E-state index in [2.05, 4.69) is 15.9 Å². The Labute approximate surface area is 125 Å². The van der Waals surface area contributed by atoms with Gasteiger partial charge in [0.25, 0.3) is 0 Å². The predicted molar refractivity (Wildman–Crippen MR) is 80.9 cm³/mol. The van der Waals surface area contributed by atoms with Gasteiger partial charge in [0, 0.05) is 15.5 Å². The molecule has 0 aliphatic heterocycles. The highest BCUT2D eigenvalue weighted by Gasteiger charge is 2.11. The van der Waals surface area contributed by atoms with Gasteiger partial charge in [-0.15, -0.1) is 0 Å². The van der Waals surface area contributed by atoms with E-state index in [0.717, 1.165) is 10.0 Å². The number of halogens is 3. The maximum atomic E-state index is 13.6. The van der Waals surface area contributed by atoms with Crippen LogP contribution in [0.15, 0.2) is 46.9 Å². The first-order valence-electron chi connectivity index (χ1n) is 5.99. The highest BCUT2D eigenvalue weighted by molar-refractivity contribution is 9.10. The summed E-state index contributed by atoms with van der Waals surface area (Å²) >= 11 is 9.43. The van der Waals surface area contributed by atoms with Crippen molar-refractivity contribution in [2.75, 3.05) is 0 Å². The molecule has 2 N–H and O–H groups in total. The van der Waals surface area contributed by atoms with Crippen LogP contribution < -0.4 is 5.73 Å². The van der Waals surface area contributed by atoms with Crippen molar-refractivity contribution >= 4 is 27.5 Å². The SMILES string of the molecule is NC(Cc1cc(Br)ccc1F)Cc1ccccc1Cl. The van der Waals surface area contributed by atoms with Crippen LogP contribution in [-0.2, 0) is 12.8 Å². The molecule has 0 heterocycles. The van der Waals surface area contributed by atoms with Crippen molar-refractivity contribution in [1.82, 2.24) is 0 Å². The van der Waals surface area contributed by atoms with Crippen LogP contribution in [0.4, 0.5) is 4.39 Å². The van der Waals surface area contributed by atoms with Crippen LogP contribution in [0.1, 0.15) is 11.1 Å². The first kappa shape index (κ1) is 14.5. The lowest BCUT2D eigenvalue weighted by Crippen LogP contribution is -2.26. The second kappa shape index (κ2) is 6.51. The molecule has 0 radical (unpaired) electrons. The Balaban J connectivity index is 2.07. The minimum Gasteiger partial charge on any atom is -0.327 e. The fraction of sp³-hybridized carbons (Fsp3) is 0.200. The second-order valence-corrected chi connectivity index (χ2v) is 5.82. The topological polar surface area (TPSA) is 26.0 Å². The maximum Gasteiger partial charge on any atom is 0.126 e. The summed E-state index contributed by atoms with van der Waals surface area (Å²) < 4.78 is 14.5. The van der Waals surface area contributed by atoms with Crippen LogP contribution in [-0.4, -0.2) is 6.04 Å². The number of nitrogens with two attached hydrogens (primary N) is 1. The van der Waals surface area contributed by atoms with E-state index in [-0.39, 0.29) is 11.9 Å². The van der Waals surface area contributed by atoms with Gasteiger partial charge < -0.3 is 5.73 Å². The molecule has 0 amide bonds. The molecule has 1 unspecified atom stereocenters. The van der Waals surface area contributed by atoms with E-state index in [1.165, 1.54) is 6.07 Å². The summed E-state index contributed by atoms with van der Waals surface area (Å²) in [4.78, 5) is 0. The number of benzene rings is 2. The van der Waals surface area contributed by atoms with Crippen LogP contribution in [0.3, 0.4) is 0 Å². The zero-order valence-electron chi connectivity index (χ0n) is 10.2. The van der Waals surface area contributed by atoms with Gasteiger partial charge in [-0.05, 0) is 48.2 Å². The van der Waals surface area contributed by atoms with Gasteiger partial charge in [-0.3, -0.25) is 0 Å². The lowest BCUT2D eigenvalue weighted by molar-refractivity contribution is 0.583. The first-order chi connectivity index (χ1) is 9.06. The van der Waals surface area contributed by atoms with Gasteiger partial charge in [0.05, 0.1) is 0 Å². The van der Waals surface area contributed by atoms with Crippen LogP contribution in [0.25, 0.3) is 0 Å². The molecule has 100 valence electrons. The molecule has 2 aromatic carbocycles. The fourth-order valence-corrected chi connectivity index (χ4v) is 2.62. The molecule has 0 aliphatic rings. The van der Waals surface area contributed by atoms with Crippen molar-refractivity contribution in [3.8, 4) is 0 Å². The van der Waals surface area contributed by atoms with Crippen LogP contribution in [0.2, 0.25) is 5.02 Å². The van der Waals surface area contributed by atoms with Crippen LogP contribution >= 0.6 is 27.5 Å². The van der Waals surface area contributed by atoms with E-state index in [0.29, 0.717) is 23.4 Å². The minimum atomic E-state index is -0.224. The third-order valence-electron chi connectivity index (χ3n) is 2.93. The second-order valence-electron chi connectivity index (χ2n) is 4.50. The monoisotopic (exact) mass is 341 g/mol. The minimum absolute atomic E-state index is 0.163. The molecule has 0 spiro atoms. The average Bonchev–Trinajstić information content (AvgIpc) is 2.37. The van der Waals surface area contributed by atoms with Crippen molar-refractivity contribution in [2.45, 2.75) is 18.9 Å². The maximum absolute atomic E-state index is 13.6. The molecule has 0 fully saturated rings. The standard InChI is InChI=1S/C15H14BrClFN/c16-12-5-6-15(18)11(7-12)9-13(19)8-10-3-1-2-4-14(10)17/h1-7,13H,8-9,19H2. The van der Waals surface area contributed by atoms with E-state index < -0.39 is 0 Å². The summed E-state index contributed by atoms with van der Waals surface area (Å²) in [5, 5.41) is 0.702. The Morgan fingerprint density at radius 3 is 2.53 bits per heavy atom. The Bertz CT molecular complexity index is 574. The molecular formula is C15H14BrClFN. The van der Waals surface area contributed by atoms with Crippen LogP contribution in [0, 0.1) is 5.82 Å². The lowest BCUT2D eigenvalue weighted by atomic mass is 9.99. The van der Waals surface area contributed by atoms with Gasteiger partial charge in [-0.1, -0.05) is 45.7 Å². The van der Waals surface area contributed by atoms with Crippen molar-refractivity contribution in [2.24, 2.45) is 5.73 Å². The zero-order chi connectivity index (χ0) is 13.8. The Morgan fingerprint density at radius 2 is 1.79 bits per heavy atom. The Hall–Kier alpha value is -0.900. The molecule has 0 saturated heterocycles. The van der Waals surface area contributed by atoms with Crippen molar-refractivity contribution in [3.05, 3.63) is 68.9 Å². The van der Waals surface area contributed by atoms with Crippen LogP contribution in [0.5, 0.6) is 0 Å². The summed E-state index contributed by atoms with van der Waals surface area (Å²) in [5.41, 5.74) is 7.70. The number of hydrogen-bond acceptors (Lipinski definition) is 1. The molecule has 0 aromatic heterocycles. The smallest absolute Gasteiger partial charge is 0.126 e. The fourth-order valence-electron chi connectivity index (χ4n) is 2.00. The van der Waals surface area contributed by atoms with Crippen molar-refractivity contribution in [1.29, 1.82) is 0 Å². The average molecular weight is 343 g/mol. The summed E-state index contributed by atoms with van der Waals surface area (Å²) in [6, 6.07) is 12.3. The molecule has 1 atom stereocenters. The molecule has 1 nitrogen and oxygen atoms in total. The zero-order valence-corrected chi connectivity index (χ0v) is 12.6. The normalized spacial score (nSPS) is 12.4. The highest BCUT2D eigenvalue weighted by Crippen LogP contribution is 2.20. The molecule has 2 rings (SSSR count). The lowest BCUT2D eigenvalue weighted by Gasteiger charge is -2.13. The van der Waals surface area contributed by atoms with E-state index in [4.69, 9.17) is 17.3 Å². The largest absolute Gasteiger partial charge is 0.327 e. The van der Waals surface area contributed by atoms with Crippen molar-refractivity contribution < 1.29 is 4.39 Å². The first-order valence-corrected chi connectivity index (χ1v) is 7.16. The summed E-state index contributed by atoms with van der Waals surface area (Å²) in [6.45, 7) is 0. The molecular weight excluding hydrogens is 329 g/mol. The number of hydrogen-bond donors (Lipinski definition) is 1. The molecule has 19 heavy (non-hydrogen) atoms.